The molecule has 168 valence electrons. The molecule has 0 spiro atoms. The van der Waals surface area contributed by atoms with Gasteiger partial charge in [0.1, 0.15) is 17.0 Å². The van der Waals surface area contributed by atoms with Crippen LogP contribution in [0.25, 0.3) is 5.65 Å². The van der Waals surface area contributed by atoms with Crippen LogP contribution in [0.2, 0.25) is 0 Å². The number of allylic oxidation sites excluding steroid dienone is 2. The summed E-state index contributed by atoms with van der Waals surface area (Å²) < 4.78 is 1.71. The summed E-state index contributed by atoms with van der Waals surface area (Å²) >= 11 is 0. The predicted octanol–water partition coefficient (Wildman–Crippen LogP) is 2.80. The average Bonchev–Trinajstić information content (AvgIpc) is 3.50. The molecule has 0 aromatic carbocycles. The molecule has 1 aliphatic heterocycles. The number of rotatable bonds is 4. The number of β-amino-alcohol motifs (C(OH)–C–C–N with tert-alkyl or cyclic N) is 1. The Labute approximate surface area is 187 Å². The molecule has 2 aromatic heterocycles. The number of carbonyl (C=O) groups is 2. The van der Waals surface area contributed by atoms with Gasteiger partial charge in [-0.1, -0.05) is 17.7 Å². The first kappa shape index (κ1) is 20.0. The van der Waals surface area contributed by atoms with E-state index < -0.39 is 5.60 Å². The third-order valence-electron chi connectivity index (χ3n) is 8.30. The third-order valence-corrected chi connectivity index (χ3v) is 8.30. The van der Waals surface area contributed by atoms with Crippen molar-refractivity contribution in [1.29, 1.82) is 0 Å². The van der Waals surface area contributed by atoms with Gasteiger partial charge in [-0.3, -0.25) is 14.0 Å². The van der Waals surface area contributed by atoms with E-state index >= 15 is 0 Å². The highest BCUT2D eigenvalue weighted by Gasteiger charge is 2.50. The number of imidazole rings is 1. The summed E-state index contributed by atoms with van der Waals surface area (Å²) in [6.45, 7) is 3.25. The molecule has 2 bridgehead atoms. The highest BCUT2D eigenvalue weighted by atomic mass is 16.3. The number of fused-ring (bicyclic) bond motifs is 2. The van der Waals surface area contributed by atoms with Crippen molar-refractivity contribution in [3.8, 4) is 0 Å². The topological polar surface area (TPSA) is 86.9 Å². The molecule has 6 rings (SSSR count). The van der Waals surface area contributed by atoms with E-state index in [2.05, 4.69) is 16.4 Å². The minimum Gasteiger partial charge on any atom is -0.388 e. The lowest BCUT2D eigenvalue weighted by Crippen LogP contribution is -2.37. The highest BCUT2D eigenvalue weighted by molar-refractivity contribution is 5.95. The molecule has 1 saturated heterocycles. The lowest BCUT2D eigenvalue weighted by molar-refractivity contribution is 0.0569. The molecule has 2 N–H and O–H groups in total. The van der Waals surface area contributed by atoms with E-state index in [9.17, 15) is 14.7 Å². The Morgan fingerprint density at radius 1 is 1.31 bits per heavy atom. The van der Waals surface area contributed by atoms with Crippen LogP contribution < -0.4 is 5.32 Å². The zero-order valence-electron chi connectivity index (χ0n) is 18.5. The van der Waals surface area contributed by atoms with Gasteiger partial charge in [0, 0.05) is 25.8 Å². The van der Waals surface area contributed by atoms with Crippen molar-refractivity contribution in [2.75, 3.05) is 19.6 Å². The van der Waals surface area contributed by atoms with Crippen LogP contribution in [-0.4, -0.2) is 56.4 Å². The van der Waals surface area contributed by atoms with Crippen LogP contribution in [0.4, 0.5) is 0 Å². The maximum Gasteiger partial charge on any atom is 0.274 e. The molecule has 7 heteroatoms. The lowest BCUT2D eigenvalue weighted by atomic mass is 9.76. The fraction of sp³-hybridized carbons (Fsp3) is 0.560. The van der Waals surface area contributed by atoms with Gasteiger partial charge in [-0.25, -0.2) is 4.98 Å². The van der Waals surface area contributed by atoms with Crippen LogP contribution in [0.5, 0.6) is 0 Å². The Morgan fingerprint density at radius 3 is 3.00 bits per heavy atom. The van der Waals surface area contributed by atoms with Gasteiger partial charge in [0.25, 0.3) is 11.8 Å². The van der Waals surface area contributed by atoms with Crippen LogP contribution >= 0.6 is 0 Å². The zero-order chi connectivity index (χ0) is 22.1. The minimum absolute atomic E-state index is 0.127. The van der Waals surface area contributed by atoms with Crippen molar-refractivity contribution < 1.29 is 14.7 Å². The van der Waals surface area contributed by atoms with Gasteiger partial charge < -0.3 is 15.3 Å². The smallest absolute Gasteiger partial charge is 0.274 e. The molecule has 4 atom stereocenters. The van der Waals surface area contributed by atoms with E-state index in [1.54, 1.807) is 46.2 Å². The first-order valence-corrected chi connectivity index (χ1v) is 11.8. The molecule has 2 amide bonds. The van der Waals surface area contributed by atoms with Crippen LogP contribution in [0.1, 0.15) is 66.4 Å². The molecule has 3 heterocycles. The second kappa shape index (κ2) is 6.91. The van der Waals surface area contributed by atoms with E-state index in [-0.39, 0.29) is 17.2 Å². The van der Waals surface area contributed by atoms with Crippen LogP contribution in [-0.2, 0) is 0 Å². The van der Waals surface area contributed by atoms with Gasteiger partial charge in [0.15, 0.2) is 0 Å². The number of pyridine rings is 1. The molecular weight excluding hydrogens is 404 g/mol. The van der Waals surface area contributed by atoms with Gasteiger partial charge in [0.05, 0.1) is 5.60 Å². The molecule has 2 saturated carbocycles. The van der Waals surface area contributed by atoms with Crippen molar-refractivity contribution in [2.45, 2.75) is 51.0 Å². The summed E-state index contributed by atoms with van der Waals surface area (Å²) in [7, 11) is 0. The number of aliphatic hydroxyl groups is 1. The molecule has 7 nitrogen and oxygen atoms in total. The number of likely N-dealkylation sites (tertiary alicyclic amines) is 1. The van der Waals surface area contributed by atoms with E-state index in [1.807, 2.05) is 0 Å². The summed E-state index contributed by atoms with van der Waals surface area (Å²) in [6.07, 6.45) is 10.7. The van der Waals surface area contributed by atoms with Crippen molar-refractivity contribution in [2.24, 2.45) is 17.3 Å². The molecule has 2 aromatic rings. The Kier molecular flexibility index (Phi) is 4.31. The molecule has 4 aliphatic rings. The molecule has 32 heavy (non-hydrogen) atoms. The number of hydrogen-bond acceptors (Lipinski definition) is 4. The summed E-state index contributed by atoms with van der Waals surface area (Å²) in [5, 5.41) is 13.4. The first-order valence-electron chi connectivity index (χ1n) is 11.8. The summed E-state index contributed by atoms with van der Waals surface area (Å²) in [4.78, 5) is 32.1. The quantitative estimate of drug-likeness (QED) is 0.725. The summed E-state index contributed by atoms with van der Waals surface area (Å²) in [5.74, 6) is 1.21. The van der Waals surface area contributed by atoms with E-state index in [1.165, 1.54) is 25.7 Å². The second-order valence-corrected chi connectivity index (χ2v) is 10.7. The maximum atomic E-state index is 13.1. The van der Waals surface area contributed by atoms with Crippen LogP contribution in [0, 0.1) is 17.3 Å². The molecular formula is C25H30N4O3. The molecule has 3 aliphatic carbocycles. The number of carbonyl (C=O) groups excluding carboxylic acids is 2. The van der Waals surface area contributed by atoms with Gasteiger partial charge in [0.2, 0.25) is 0 Å². The van der Waals surface area contributed by atoms with Gasteiger partial charge >= 0.3 is 0 Å². The molecule has 4 unspecified atom stereocenters. The summed E-state index contributed by atoms with van der Waals surface area (Å²) in [6, 6.07) is 5.39. The third kappa shape index (κ3) is 3.17. The Morgan fingerprint density at radius 2 is 2.19 bits per heavy atom. The standard InChI is InChI=1S/C25H30N4O3/c1-24(32)9-10-28(15-24)23(31)19-13-29-20(3-2-4-21(29)27-19)22(30)26-14-25-8-7-16-5-6-17(11-25)18(16)12-25/h2-4,7,13,17-18,32H,5-6,8-12,14-15H2,1H3,(H,26,30). The maximum absolute atomic E-state index is 13.1. The van der Waals surface area contributed by atoms with Gasteiger partial charge in [-0.2, -0.15) is 0 Å². The fourth-order valence-electron chi connectivity index (χ4n) is 6.61. The predicted molar refractivity (Wildman–Crippen MR) is 119 cm³/mol. The monoisotopic (exact) mass is 434 g/mol. The largest absolute Gasteiger partial charge is 0.388 e. The van der Waals surface area contributed by atoms with Gasteiger partial charge in [-0.15, -0.1) is 0 Å². The highest BCUT2D eigenvalue weighted by Crippen LogP contribution is 2.59. The zero-order valence-corrected chi connectivity index (χ0v) is 18.5. The second-order valence-electron chi connectivity index (χ2n) is 10.7. The SMILES string of the molecule is CC1(O)CCN(C(=O)c2cn3c(C(=O)NCC45CC=C6CCC(C4)C6C5)cccc3n2)C1. The Hall–Kier alpha value is -2.67. The minimum atomic E-state index is -0.854. The number of amides is 2. The Balaban J connectivity index is 1.20. The van der Waals surface area contributed by atoms with Crippen molar-refractivity contribution in [3.63, 3.8) is 0 Å². The van der Waals surface area contributed by atoms with E-state index in [0.29, 0.717) is 43.1 Å². The number of nitrogens with zero attached hydrogens (tertiary/aromatic N) is 3. The first-order chi connectivity index (χ1) is 15.3. The Bertz CT molecular complexity index is 1150. The number of hydrogen-bond donors (Lipinski definition) is 2. The molecule has 3 fully saturated rings. The van der Waals surface area contributed by atoms with Crippen molar-refractivity contribution in [3.05, 3.63) is 47.4 Å². The van der Waals surface area contributed by atoms with Crippen molar-refractivity contribution >= 4 is 17.5 Å². The van der Waals surface area contributed by atoms with Crippen LogP contribution in [0.3, 0.4) is 0 Å². The number of nitrogens with one attached hydrogen (secondary N) is 1. The number of aromatic nitrogens is 2. The molecule has 0 radical (unpaired) electrons. The van der Waals surface area contributed by atoms with Crippen molar-refractivity contribution in [1.82, 2.24) is 19.6 Å². The van der Waals surface area contributed by atoms with E-state index in [0.717, 1.165) is 18.3 Å². The van der Waals surface area contributed by atoms with E-state index in [4.69, 9.17) is 0 Å². The van der Waals surface area contributed by atoms with Crippen LogP contribution in [0.15, 0.2) is 36.0 Å². The normalized spacial score (nSPS) is 33.1. The lowest BCUT2D eigenvalue weighted by Gasteiger charge is -2.32. The average molecular weight is 435 g/mol. The summed E-state index contributed by atoms with van der Waals surface area (Å²) in [5.41, 5.74) is 2.37. The fourth-order valence-corrected chi connectivity index (χ4v) is 6.61. The van der Waals surface area contributed by atoms with Gasteiger partial charge in [-0.05, 0) is 74.8 Å².